The number of rotatable bonds is 3. The highest BCUT2D eigenvalue weighted by atomic mass is 16.5. The van der Waals surface area contributed by atoms with E-state index in [1.54, 1.807) is 13.3 Å². The molecule has 0 saturated heterocycles. The lowest BCUT2D eigenvalue weighted by molar-refractivity contribution is -0.0353. The fourth-order valence-electron chi connectivity index (χ4n) is 2.69. The number of aliphatic hydroxyl groups excluding tert-OH is 1. The summed E-state index contributed by atoms with van der Waals surface area (Å²) in [5, 5.41) is 9.17. The van der Waals surface area contributed by atoms with Gasteiger partial charge in [-0.1, -0.05) is 25.7 Å². The Bertz CT molecular complexity index is 399. The van der Waals surface area contributed by atoms with Crippen molar-refractivity contribution in [2.75, 3.05) is 7.11 Å². The van der Waals surface area contributed by atoms with E-state index >= 15 is 0 Å². The van der Waals surface area contributed by atoms with E-state index < -0.39 is 0 Å². The van der Waals surface area contributed by atoms with Gasteiger partial charge in [-0.2, -0.15) is 0 Å². The highest BCUT2D eigenvalue weighted by Crippen LogP contribution is 2.37. The molecule has 1 saturated carbocycles. The molecule has 0 radical (unpaired) electrons. The number of aryl methyl sites for hydroxylation is 1. The SMILES string of the molecule is COC1(c2ncc(CO)c(C)n2)CCCCCC1. The summed E-state index contributed by atoms with van der Waals surface area (Å²) < 4.78 is 5.79. The number of ether oxygens (including phenoxy) is 1. The first-order valence-corrected chi connectivity index (χ1v) is 6.71. The summed E-state index contributed by atoms with van der Waals surface area (Å²) in [7, 11) is 1.75. The molecule has 1 aromatic rings. The fourth-order valence-corrected chi connectivity index (χ4v) is 2.69. The van der Waals surface area contributed by atoms with Crippen LogP contribution in [-0.2, 0) is 16.9 Å². The van der Waals surface area contributed by atoms with Gasteiger partial charge in [-0.15, -0.1) is 0 Å². The van der Waals surface area contributed by atoms with E-state index in [0.29, 0.717) is 0 Å². The highest BCUT2D eigenvalue weighted by Gasteiger charge is 2.35. The second-order valence-electron chi connectivity index (χ2n) is 5.07. The smallest absolute Gasteiger partial charge is 0.160 e. The van der Waals surface area contributed by atoms with Gasteiger partial charge >= 0.3 is 0 Å². The molecule has 0 aromatic carbocycles. The molecule has 2 rings (SSSR count). The third-order valence-electron chi connectivity index (χ3n) is 3.96. The van der Waals surface area contributed by atoms with Crippen LogP contribution in [0.15, 0.2) is 6.20 Å². The van der Waals surface area contributed by atoms with E-state index in [1.807, 2.05) is 6.92 Å². The molecule has 1 fully saturated rings. The Morgan fingerprint density at radius 2 is 1.94 bits per heavy atom. The van der Waals surface area contributed by atoms with Crippen LogP contribution in [0.2, 0.25) is 0 Å². The van der Waals surface area contributed by atoms with Gasteiger partial charge in [0.15, 0.2) is 5.82 Å². The monoisotopic (exact) mass is 250 g/mol. The molecule has 1 aliphatic rings. The Morgan fingerprint density at radius 1 is 1.28 bits per heavy atom. The number of nitrogens with zero attached hydrogens (tertiary/aromatic N) is 2. The van der Waals surface area contributed by atoms with Gasteiger partial charge in [0, 0.05) is 24.6 Å². The number of aliphatic hydroxyl groups is 1. The molecule has 1 aromatic heterocycles. The molecule has 0 atom stereocenters. The Kier molecular flexibility index (Phi) is 4.30. The van der Waals surface area contributed by atoms with Gasteiger partial charge in [0.2, 0.25) is 0 Å². The minimum Gasteiger partial charge on any atom is -0.392 e. The van der Waals surface area contributed by atoms with Gasteiger partial charge < -0.3 is 9.84 Å². The molecule has 4 heteroatoms. The Balaban J connectivity index is 2.33. The zero-order valence-corrected chi connectivity index (χ0v) is 11.3. The summed E-state index contributed by atoms with van der Waals surface area (Å²) in [4.78, 5) is 8.98. The molecule has 0 bridgehead atoms. The van der Waals surface area contributed by atoms with E-state index in [1.165, 1.54) is 12.8 Å². The number of aromatic nitrogens is 2. The van der Waals surface area contributed by atoms with Crippen molar-refractivity contribution in [2.24, 2.45) is 0 Å². The number of methoxy groups -OCH3 is 1. The quantitative estimate of drug-likeness (QED) is 0.837. The van der Waals surface area contributed by atoms with Crippen molar-refractivity contribution in [1.29, 1.82) is 0 Å². The third-order valence-corrected chi connectivity index (χ3v) is 3.96. The van der Waals surface area contributed by atoms with Crippen LogP contribution >= 0.6 is 0 Å². The third kappa shape index (κ3) is 2.54. The van der Waals surface area contributed by atoms with Crippen LogP contribution in [0.25, 0.3) is 0 Å². The maximum absolute atomic E-state index is 9.17. The number of hydrogen-bond acceptors (Lipinski definition) is 4. The second kappa shape index (κ2) is 5.76. The summed E-state index contributed by atoms with van der Waals surface area (Å²) in [6.07, 6.45) is 8.56. The molecule has 100 valence electrons. The molecule has 0 aliphatic heterocycles. The normalized spacial score (nSPS) is 19.5. The maximum atomic E-state index is 9.17. The molecular formula is C14H22N2O2. The van der Waals surface area contributed by atoms with E-state index in [-0.39, 0.29) is 12.2 Å². The van der Waals surface area contributed by atoms with Crippen LogP contribution in [-0.4, -0.2) is 22.2 Å². The number of hydrogen-bond donors (Lipinski definition) is 1. The second-order valence-corrected chi connectivity index (χ2v) is 5.07. The molecule has 18 heavy (non-hydrogen) atoms. The van der Waals surface area contributed by atoms with Crippen molar-refractivity contribution >= 4 is 0 Å². The maximum Gasteiger partial charge on any atom is 0.160 e. The fraction of sp³-hybridized carbons (Fsp3) is 0.714. The van der Waals surface area contributed by atoms with Crippen molar-refractivity contribution in [1.82, 2.24) is 9.97 Å². The summed E-state index contributed by atoms with van der Waals surface area (Å²) >= 11 is 0. The van der Waals surface area contributed by atoms with Gasteiger partial charge in [-0.25, -0.2) is 9.97 Å². The van der Waals surface area contributed by atoms with E-state index in [0.717, 1.165) is 42.8 Å². The van der Waals surface area contributed by atoms with Crippen LogP contribution in [0.1, 0.15) is 55.6 Å². The lowest BCUT2D eigenvalue weighted by atomic mass is 9.93. The van der Waals surface area contributed by atoms with Crippen LogP contribution in [0.5, 0.6) is 0 Å². The molecular weight excluding hydrogens is 228 g/mol. The van der Waals surface area contributed by atoms with Crippen molar-refractivity contribution in [2.45, 2.75) is 57.7 Å². The average molecular weight is 250 g/mol. The first kappa shape index (κ1) is 13.4. The molecule has 1 aliphatic carbocycles. The zero-order valence-electron chi connectivity index (χ0n) is 11.3. The van der Waals surface area contributed by atoms with Crippen molar-refractivity contribution in [3.05, 3.63) is 23.3 Å². The van der Waals surface area contributed by atoms with Crippen molar-refractivity contribution < 1.29 is 9.84 Å². The summed E-state index contributed by atoms with van der Waals surface area (Å²) in [5.41, 5.74) is 1.32. The topological polar surface area (TPSA) is 55.2 Å². The molecule has 0 spiro atoms. The summed E-state index contributed by atoms with van der Waals surface area (Å²) in [6.45, 7) is 1.91. The Morgan fingerprint density at radius 3 is 2.44 bits per heavy atom. The van der Waals surface area contributed by atoms with Crippen LogP contribution < -0.4 is 0 Å². The van der Waals surface area contributed by atoms with E-state index in [4.69, 9.17) is 4.74 Å². The van der Waals surface area contributed by atoms with Gasteiger partial charge in [-0.3, -0.25) is 0 Å². The van der Waals surface area contributed by atoms with Gasteiger partial charge in [-0.05, 0) is 19.8 Å². The first-order valence-electron chi connectivity index (χ1n) is 6.71. The standard InChI is InChI=1S/C14H22N2O2/c1-11-12(10-17)9-15-13(16-11)14(18-2)7-5-3-4-6-8-14/h9,17H,3-8,10H2,1-2H3. The Labute approximate surface area is 108 Å². The van der Waals surface area contributed by atoms with Gasteiger partial charge in [0.05, 0.1) is 6.61 Å². The van der Waals surface area contributed by atoms with Crippen LogP contribution in [0.3, 0.4) is 0 Å². The Hall–Kier alpha value is -1.00. The average Bonchev–Trinajstić information content (AvgIpc) is 2.65. The first-order chi connectivity index (χ1) is 8.72. The predicted octanol–water partition coefficient (Wildman–Crippen LogP) is 2.47. The summed E-state index contributed by atoms with van der Waals surface area (Å²) in [6, 6.07) is 0. The largest absolute Gasteiger partial charge is 0.392 e. The highest BCUT2D eigenvalue weighted by molar-refractivity contribution is 5.17. The molecule has 1 heterocycles. The predicted molar refractivity (Wildman–Crippen MR) is 69.1 cm³/mol. The van der Waals surface area contributed by atoms with Gasteiger partial charge in [0.1, 0.15) is 5.60 Å². The van der Waals surface area contributed by atoms with Crippen LogP contribution in [0.4, 0.5) is 0 Å². The van der Waals surface area contributed by atoms with Gasteiger partial charge in [0.25, 0.3) is 0 Å². The van der Waals surface area contributed by atoms with Crippen LogP contribution in [0, 0.1) is 6.92 Å². The lowest BCUT2D eigenvalue weighted by Crippen LogP contribution is -2.30. The molecule has 0 unspecified atom stereocenters. The summed E-state index contributed by atoms with van der Waals surface area (Å²) in [5.74, 6) is 0.779. The molecule has 0 amide bonds. The minimum atomic E-state index is -0.324. The molecule has 1 N–H and O–H groups in total. The van der Waals surface area contributed by atoms with E-state index in [2.05, 4.69) is 9.97 Å². The van der Waals surface area contributed by atoms with Crippen molar-refractivity contribution in [3.63, 3.8) is 0 Å². The lowest BCUT2D eigenvalue weighted by Gasteiger charge is -2.30. The van der Waals surface area contributed by atoms with Crippen molar-refractivity contribution in [3.8, 4) is 0 Å². The minimum absolute atomic E-state index is 0.00784. The molecule has 4 nitrogen and oxygen atoms in total. The van der Waals surface area contributed by atoms with E-state index in [9.17, 15) is 5.11 Å². The zero-order chi connectivity index (χ0) is 13.0.